The van der Waals surface area contributed by atoms with Crippen LogP contribution in [0.2, 0.25) is 0 Å². The second-order valence-electron chi connectivity index (χ2n) is 4.86. The molecule has 1 aliphatic heterocycles. The Kier molecular flexibility index (Phi) is 3.97. The number of carbonyl (C=O) groups is 2. The summed E-state index contributed by atoms with van der Waals surface area (Å²) in [4.78, 5) is 24.4. The predicted molar refractivity (Wildman–Crippen MR) is 69.7 cm³/mol. The molecular weight excluding hydrogens is 286 g/mol. The largest absolute Gasteiger partial charge is 0.478 e. The number of aromatic carboxylic acids is 1. The van der Waals surface area contributed by atoms with Gasteiger partial charge in [0.05, 0.1) is 11.3 Å². The summed E-state index contributed by atoms with van der Waals surface area (Å²) >= 11 is 0. The summed E-state index contributed by atoms with van der Waals surface area (Å²) in [5.74, 6) is -3.40. The topological polar surface area (TPSA) is 81.1 Å². The highest BCUT2D eigenvalue weighted by Gasteiger charge is 2.29. The number of amides is 1. The van der Waals surface area contributed by atoms with Gasteiger partial charge in [-0.15, -0.1) is 0 Å². The highest BCUT2D eigenvalue weighted by atomic mass is 19.1. The molecule has 2 rings (SSSR count). The smallest absolute Gasteiger partial charge is 0.407 e. The average molecular weight is 300 g/mol. The Labute approximate surface area is 119 Å². The molecule has 2 N–H and O–H groups in total. The van der Waals surface area contributed by atoms with Crippen LogP contribution in [0.1, 0.15) is 17.3 Å². The number of carboxylic acids is 1. The molecule has 1 saturated heterocycles. The van der Waals surface area contributed by atoms with Crippen molar-refractivity contribution < 1.29 is 28.6 Å². The van der Waals surface area contributed by atoms with E-state index in [1.165, 1.54) is 9.80 Å². The number of hydrogen-bond donors (Lipinski definition) is 2. The summed E-state index contributed by atoms with van der Waals surface area (Å²) < 4.78 is 27.6. The van der Waals surface area contributed by atoms with Gasteiger partial charge in [0.1, 0.15) is 11.6 Å². The Morgan fingerprint density at radius 1 is 1.19 bits per heavy atom. The van der Waals surface area contributed by atoms with Crippen molar-refractivity contribution in [2.75, 3.05) is 24.5 Å². The standard InChI is InChI=1S/C13H14F2N2O4/c1-7-6-16(2-3-17(7)13(20)21)11-5-9(14)8(12(18)19)4-10(11)15/h4-5,7H,2-3,6H2,1H3,(H,18,19)(H,20,21). The number of halogens is 2. The van der Waals surface area contributed by atoms with E-state index in [1.807, 2.05) is 0 Å². The lowest BCUT2D eigenvalue weighted by Gasteiger charge is -2.39. The number of benzene rings is 1. The zero-order valence-corrected chi connectivity index (χ0v) is 11.2. The molecule has 1 atom stereocenters. The molecular formula is C13H14F2N2O4. The van der Waals surface area contributed by atoms with Crippen LogP contribution in [0, 0.1) is 11.6 Å². The molecule has 6 nitrogen and oxygen atoms in total. The molecule has 1 aliphatic rings. The number of nitrogens with zero attached hydrogens (tertiary/aromatic N) is 2. The van der Waals surface area contributed by atoms with E-state index < -0.39 is 29.3 Å². The zero-order valence-electron chi connectivity index (χ0n) is 11.2. The molecule has 0 radical (unpaired) electrons. The molecule has 8 heteroatoms. The summed E-state index contributed by atoms with van der Waals surface area (Å²) in [6, 6.07) is 1.10. The van der Waals surface area contributed by atoms with Crippen molar-refractivity contribution in [2.45, 2.75) is 13.0 Å². The van der Waals surface area contributed by atoms with Crippen LogP contribution in [0.4, 0.5) is 19.3 Å². The minimum atomic E-state index is -1.54. The van der Waals surface area contributed by atoms with Gasteiger partial charge in [0.15, 0.2) is 0 Å². The molecule has 0 aromatic heterocycles. The lowest BCUT2D eigenvalue weighted by molar-refractivity contribution is 0.0691. The lowest BCUT2D eigenvalue weighted by atomic mass is 10.1. The number of carboxylic acid groups (broad SMARTS) is 2. The van der Waals surface area contributed by atoms with E-state index in [-0.39, 0.29) is 31.4 Å². The first-order valence-corrected chi connectivity index (χ1v) is 6.28. The number of piperazine rings is 1. The van der Waals surface area contributed by atoms with Crippen LogP contribution in [0.5, 0.6) is 0 Å². The third kappa shape index (κ3) is 2.88. The van der Waals surface area contributed by atoms with Gasteiger partial charge in [-0.1, -0.05) is 0 Å². The first-order chi connectivity index (χ1) is 9.81. The highest BCUT2D eigenvalue weighted by molar-refractivity contribution is 5.88. The van der Waals surface area contributed by atoms with Gasteiger partial charge in [-0.25, -0.2) is 18.4 Å². The lowest BCUT2D eigenvalue weighted by Crippen LogP contribution is -2.54. The molecule has 21 heavy (non-hydrogen) atoms. The first-order valence-electron chi connectivity index (χ1n) is 6.28. The van der Waals surface area contributed by atoms with E-state index in [2.05, 4.69) is 0 Å². The highest BCUT2D eigenvalue weighted by Crippen LogP contribution is 2.25. The van der Waals surface area contributed by atoms with Crippen molar-refractivity contribution in [2.24, 2.45) is 0 Å². The molecule has 1 unspecified atom stereocenters. The maximum Gasteiger partial charge on any atom is 0.407 e. The minimum absolute atomic E-state index is 0.0608. The Balaban J connectivity index is 2.26. The SMILES string of the molecule is CC1CN(c2cc(F)c(C(=O)O)cc2F)CCN1C(=O)O. The summed E-state index contributed by atoms with van der Waals surface area (Å²) in [7, 11) is 0. The molecule has 114 valence electrons. The fraction of sp³-hybridized carbons (Fsp3) is 0.385. The van der Waals surface area contributed by atoms with Crippen LogP contribution >= 0.6 is 0 Å². The van der Waals surface area contributed by atoms with Gasteiger partial charge in [-0.05, 0) is 13.0 Å². The zero-order chi connectivity index (χ0) is 15.7. The average Bonchev–Trinajstić information content (AvgIpc) is 2.40. The van der Waals surface area contributed by atoms with E-state index >= 15 is 0 Å². The number of hydrogen-bond acceptors (Lipinski definition) is 3. The van der Waals surface area contributed by atoms with E-state index in [9.17, 15) is 18.4 Å². The Morgan fingerprint density at radius 3 is 2.38 bits per heavy atom. The number of rotatable bonds is 2. The molecule has 0 saturated carbocycles. The summed E-state index contributed by atoms with van der Waals surface area (Å²) in [5, 5.41) is 17.7. The van der Waals surface area contributed by atoms with Crippen LogP contribution in [-0.4, -0.2) is 52.9 Å². The third-order valence-electron chi connectivity index (χ3n) is 3.48. The maximum absolute atomic E-state index is 14.0. The van der Waals surface area contributed by atoms with Gasteiger partial charge < -0.3 is 20.0 Å². The van der Waals surface area contributed by atoms with Crippen molar-refractivity contribution >= 4 is 17.7 Å². The van der Waals surface area contributed by atoms with E-state index in [0.717, 1.165) is 6.07 Å². The molecule has 0 bridgehead atoms. The Hall–Kier alpha value is -2.38. The third-order valence-corrected chi connectivity index (χ3v) is 3.48. The van der Waals surface area contributed by atoms with Crippen molar-refractivity contribution in [1.29, 1.82) is 0 Å². The van der Waals surface area contributed by atoms with Gasteiger partial charge in [-0.3, -0.25) is 0 Å². The van der Waals surface area contributed by atoms with Gasteiger partial charge in [-0.2, -0.15) is 0 Å². The monoisotopic (exact) mass is 300 g/mol. The molecule has 1 heterocycles. The van der Waals surface area contributed by atoms with Gasteiger partial charge in [0.25, 0.3) is 0 Å². The molecule has 1 fully saturated rings. The molecule has 0 spiro atoms. The Morgan fingerprint density at radius 2 is 1.86 bits per heavy atom. The summed E-state index contributed by atoms with van der Waals surface area (Å²) in [6.07, 6.45) is -1.06. The Bertz CT molecular complexity index is 594. The first kappa shape index (κ1) is 15.0. The maximum atomic E-state index is 14.0. The van der Waals surface area contributed by atoms with Crippen molar-refractivity contribution in [1.82, 2.24) is 4.90 Å². The fourth-order valence-electron chi connectivity index (χ4n) is 2.40. The predicted octanol–water partition coefficient (Wildman–Crippen LogP) is 1.85. The van der Waals surface area contributed by atoms with Crippen LogP contribution < -0.4 is 4.90 Å². The molecule has 1 aromatic rings. The van der Waals surface area contributed by atoms with Gasteiger partial charge in [0, 0.05) is 31.7 Å². The second kappa shape index (κ2) is 5.55. The second-order valence-corrected chi connectivity index (χ2v) is 4.86. The van der Waals surface area contributed by atoms with E-state index in [4.69, 9.17) is 10.2 Å². The normalized spacial score (nSPS) is 18.7. The summed E-state index contributed by atoms with van der Waals surface area (Å²) in [5.41, 5.74) is -0.789. The van der Waals surface area contributed by atoms with E-state index in [1.54, 1.807) is 6.92 Å². The van der Waals surface area contributed by atoms with Crippen LogP contribution in [-0.2, 0) is 0 Å². The van der Waals surface area contributed by atoms with Crippen molar-refractivity contribution in [3.63, 3.8) is 0 Å². The van der Waals surface area contributed by atoms with Crippen LogP contribution in [0.25, 0.3) is 0 Å². The summed E-state index contributed by atoms with van der Waals surface area (Å²) in [6.45, 7) is 2.24. The number of anilines is 1. The van der Waals surface area contributed by atoms with Gasteiger partial charge in [0.2, 0.25) is 0 Å². The van der Waals surface area contributed by atoms with Crippen LogP contribution in [0.15, 0.2) is 12.1 Å². The van der Waals surface area contributed by atoms with Crippen molar-refractivity contribution in [3.05, 3.63) is 29.3 Å². The fourth-order valence-corrected chi connectivity index (χ4v) is 2.40. The van der Waals surface area contributed by atoms with Gasteiger partial charge >= 0.3 is 12.1 Å². The quantitative estimate of drug-likeness (QED) is 0.871. The molecule has 1 aromatic carbocycles. The minimum Gasteiger partial charge on any atom is -0.478 e. The van der Waals surface area contributed by atoms with Crippen LogP contribution in [0.3, 0.4) is 0 Å². The van der Waals surface area contributed by atoms with E-state index in [0.29, 0.717) is 6.07 Å². The molecule has 1 amide bonds. The molecule has 0 aliphatic carbocycles. The van der Waals surface area contributed by atoms with Crippen molar-refractivity contribution in [3.8, 4) is 0 Å².